The molecule has 2 heterocycles. The Labute approximate surface area is 146 Å². The topological polar surface area (TPSA) is 69.9 Å². The molecule has 6 heteroatoms. The van der Waals surface area contributed by atoms with E-state index >= 15 is 0 Å². The van der Waals surface area contributed by atoms with E-state index < -0.39 is 5.60 Å². The molecule has 0 unspecified atom stereocenters. The van der Waals surface area contributed by atoms with Gasteiger partial charge in [-0.05, 0) is 32.9 Å². The minimum atomic E-state index is -0.545. The van der Waals surface area contributed by atoms with Crippen LogP contribution in [0.15, 0.2) is 54.9 Å². The molecule has 2 aromatic heterocycles. The Bertz CT molecular complexity index is 852. The molecule has 0 atom stereocenters. The number of aromatic nitrogens is 4. The van der Waals surface area contributed by atoms with Crippen LogP contribution in [0, 0.1) is 0 Å². The van der Waals surface area contributed by atoms with Gasteiger partial charge in [-0.2, -0.15) is 0 Å². The maximum atomic E-state index is 12.2. The normalized spacial score (nSPS) is 11.3. The van der Waals surface area contributed by atoms with Crippen molar-refractivity contribution in [1.29, 1.82) is 0 Å². The molecule has 0 spiro atoms. The molecule has 0 bridgehead atoms. The molecule has 0 saturated carbocycles. The zero-order chi connectivity index (χ0) is 17.9. The van der Waals surface area contributed by atoms with Crippen LogP contribution in [0.5, 0.6) is 0 Å². The fourth-order valence-electron chi connectivity index (χ4n) is 2.50. The van der Waals surface area contributed by atoms with E-state index in [1.165, 1.54) is 0 Å². The number of ether oxygens (including phenoxy) is 1. The molecule has 3 aromatic rings. The number of hydrogen-bond acceptors (Lipinski definition) is 5. The number of carbonyl (C=O) groups excluding carboxylic acids is 1. The summed E-state index contributed by atoms with van der Waals surface area (Å²) in [6, 6.07) is 13.5. The summed E-state index contributed by atoms with van der Waals surface area (Å²) < 4.78 is 6.98. The zero-order valence-corrected chi connectivity index (χ0v) is 14.5. The SMILES string of the molecule is CC(C)(C)OC(=O)Cn1nnc(-c2cccnc2)c1-c1ccccc1. The molecule has 6 nitrogen and oxygen atoms in total. The van der Waals surface area contributed by atoms with Gasteiger partial charge in [0.25, 0.3) is 0 Å². The summed E-state index contributed by atoms with van der Waals surface area (Å²) in [6.45, 7) is 5.51. The number of carbonyl (C=O) groups is 1. The van der Waals surface area contributed by atoms with Crippen LogP contribution in [-0.2, 0) is 16.1 Å². The highest BCUT2D eigenvalue weighted by Gasteiger charge is 2.21. The predicted molar refractivity (Wildman–Crippen MR) is 94.5 cm³/mol. The molecular weight excluding hydrogens is 316 g/mol. The molecular formula is C19H20N4O2. The number of nitrogens with zero attached hydrogens (tertiary/aromatic N) is 4. The van der Waals surface area contributed by atoms with Crippen LogP contribution in [0.3, 0.4) is 0 Å². The van der Waals surface area contributed by atoms with Gasteiger partial charge >= 0.3 is 5.97 Å². The van der Waals surface area contributed by atoms with Crippen molar-refractivity contribution in [3.8, 4) is 22.5 Å². The molecule has 0 radical (unpaired) electrons. The number of benzene rings is 1. The molecule has 0 saturated heterocycles. The molecule has 0 aliphatic carbocycles. The third-order valence-electron chi connectivity index (χ3n) is 3.42. The van der Waals surface area contributed by atoms with Gasteiger partial charge in [0.1, 0.15) is 17.8 Å². The highest BCUT2D eigenvalue weighted by Crippen LogP contribution is 2.29. The van der Waals surface area contributed by atoms with Crippen LogP contribution in [0.1, 0.15) is 20.8 Å². The molecule has 0 aliphatic rings. The zero-order valence-electron chi connectivity index (χ0n) is 14.5. The summed E-state index contributed by atoms with van der Waals surface area (Å²) >= 11 is 0. The Balaban J connectivity index is 2.02. The second kappa shape index (κ2) is 6.84. The highest BCUT2D eigenvalue weighted by molar-refractivity contribution is 5.79. The van der Waals surface area contributed by atoms with Crippen molar-refractivity contribution in [1.82, 2.24) is 20.0 Å². The van der Waals surface area contributed by atoms with E-state index in [-0.39, 0.29) is 12.5 Å². The van der Waals surface area contributed by atoms with Crippen LogP contribution in [-0.4, -0.2) is 31.5 Å². The Hall–Kier alpha value is -3.02. The van der Waals surface area contributed by atoms with Crippen LogP contribution in [0.4, 0.5) is 0 Å². The Morgan fingerprint density at radius 3 is 2.44 bits per heavy atom. The fraction of sp³-hybridized carbons (Fsp3) is 0.263. The van der Waals surface area contributed by atoms with E-state index in [1.54, 1.807) is 17.1 Å². The summed E-state index contributed by atoms with van der Waals surface area (Å²) in [6.07, 6.45) is 3.44. The standard InChI is InChI=1S/C19H20N4O2/c1-19(2,3)25-16(24)13-23-18(14-8-5-4-6-9-14)17(21-22-23)15-10-7-11-20-12-15/h4-12H,13H2,1-3H3. The van der Waals surface area contributed by atoms with Gasteiger partial charge in [0.05, 0.1) is 5.69 Å². The van der Waals surface area contributed by atoms with Crippen molar-refractivity contribution in [2.45, 2.75) is 32.9 Å². The molecule has 0 fully saturated rings. The lowest BCUT2D eigenvalue weighted by atomic mass is 10.1. The average molecular weight is 336 g/mol. The first-order chi connectivity index (χ1) is 11.9. The summed E-state index contributed by atoms with van der Waals surface area (Å²) in [5.41, 5.74) is 2.67. The van der Waals surface area contributed by atoms with E-state index in [9.17, 15) is 4.79 Å². The van der Waals surface area contributed by atoms with Gasteiger partial charge in [-0.1, -0.05) is 35.5 Å². The van der Waals surface area contributed by atoms with Crippen LogP contribution in [0.2, 0.25) is 0 Å². The quantitative estimate of drug-likeness (QED) is 0.683. The van der Waals surface area contributed by atoms with Crippen molar-refractivity contribution >= 4 is 5.97 Å². The van der Waals surface area contributed by atoms with Gasteiger partial charge in [-0.15, -0.1) is 5.10 Å². The summed E-state index contributed by atoms with van der Waals surface area (Å²) in [5.74, 6) is -0.354. The number of hydrogen-bond donors (Lipinski definition) is 0. The predicted octanol–water partition coefficient (Wildman–Crippen LogP) is 3.35. The highest BCUT2D eigenvalue weighted by atomic mass is 16.6. The molecule has 25 heavy (non-hydrogen) atoms. The van der Waals surface area contributed by atoms with Crippen molar-refractivity contribution in [2.24, 2.45) is 0 Å². The van der Waals surface area contributed by atoms with E-state index in [0.717, 1.165) is 16.8 Å². The molecule has 0 amide bonds. The lowest BCUT2D eigenvalue weighted by Crippen LogP contribution is -2.27. The van der Waals surface area contributed by atoms with E-state index in [4.69, 9.17) is 4.74 Å². The van der Waals surface area contributed by atoms with E-state index in [0.29, 0.717) is 5.69 Å². The second-order valence-electron chi connectivity index (χ2n) is 6.64. The average Bonchev–Trinajstić information content (AvgIpc) is 2.98. The second-order valence-corrected chi connectivity index (χ2v) is 6.64. The van der Waals surface area contributed by atoms with Crippen molar-refractivity contribution < 1.29 is 9.53 Å². The molecule has 128 valence electrons. The molecule has 1 aromatic carbocycles. The summed E-state index contributed by atoms with van der Waals surface area (Å²) in [7, 11) is 0. The van der Waals surface area contributed by atoms with Crippen LogP contribution >= 0.6 is 0 Å². The van der Waals surface area contributed by atoms with E-state index in [1.807, 2.05) is 63.2 Å². The molecule has 3 rings (SSSR count). The summed E-state index contributed by atoms with van der Waals surface area (Å²) in [4.78, 5) is 16.4. The largest absolute Gasteiger partial charge is 0.459 e. The third kappa shape index (κ3) is 4.09. The first-order valence-corrected chi connectivity index (χ1v) is 8.05. The van der Waals surface area contributed by atoms with E-state index in [2.05, 4.69) is 15.3 Å². The summed E-state index contributed by atoms with van der Waals surface area (Å²) in [5, 5.41) is 8.45. The lowest BCUT2D eigenvalue weighted by molar-refractivity contribution is -0.155. The molecule has 0 aliphatic heterocycles. The van der Waals surface area contributed by atoms with Gasteiger partial charge in [0, 0.05) is 23.5 Å². The van der Waals surface area contributed by atoms with Gasteiger partial charge < -0.3 is 4.74 Å². The minimum absolute atomic E-state index is 0.00520. The monoisotopic (exact) mass is 336 g/mol. The number of pyridine rings is 1. The minimum Gasteiger partial charge on any atom is -0.459 e. The first kappa shape index (κ1) is 16.8. The van der Waals surface area contributed by atoms with Gasteiger partial charge in [-0.3, -0.25) is 9.78 Å². The van der Waals surface area contributed by atoms with Crippen molar-refractivity contribution in [2.75, 3.05) is 0 Å². The Kier molecular flexibility index (Phi) is 4.61. The number of rotatable bonds is 4. The Morgan fingerprint density at radius 1 is 1.08 bits per heavy atom. The fourth-order valence-corrected chi connectivity index (χ4v) is 2.50. The Morgan fingerprint density at radius 2 is 1.80 bits per heavy atom. The van der Waals surface area contributed by atoms with Gasteiger partial charge in [-0.25, -0.2) is 4.68 Å². The van der Waals surface area contributed by atoms with Crippen LogP contribution < -0.4 is 0 Å². The maximum Gasteiger partial charge on any atom is 0.328 e. The van der Waals surface area contributed by atoms with Crippen molar-refractivity contribution in [3.05, 3.63) is 54.9 Å². The van der Waals surface area contributed by atoms with Crippen LogP contribution in [0.25, 0.3) is 22.5 Å². The first-order valence-electron chi connectivity index (χ1n) is 8.05. The maximum absolute atomic E-state index is 12.2. The smallest absolute Gasteiger partial charge is 0.328 e. The molecule has 0 N–H and O–H groups in total. The van der Waals surface area contributed by atoms with Crippen molar-refractivity contribution in [3.63, 3.8) is 0 Å². The van der Waals surface area contributed by atoms with Gasteiger partial charge in [0.15, 0.2) is 0 Å². The third-order valence-corrected chi connectivity index (χ3v) is 3.42. The number of esters is 1. The van der Waals surface area contributed by atoms with Gasteiger partial charge in [0.2, 0.25) is 0 Å². The lowest BCUT2D eigenvalue weighted by Gasteiger charge is -2.19.